The van der Waals surface area contributed by atoms with Crippen molar-refractivity contribution >= 4 is 6.03 Å². The maximum absolute atomic E-state index is 10.7. The number of carbonyl (C=O) groups excluding carboxylic acids is 1. The van der Waals surface area contributed by atoms with E-state index in [9.17, 15) is 4.79 Å². The third-order valence-corrected chi connectivity index (χ3v) is 1.26. The highest BCUT2D eigenvalue weighted by Gasteiger charge is 1.99. The van der Waals surface area contributed by atoms with Crippen LogP contribution in [-0.2, 0) is 6.42 Å². The van der Waals surface area contributed by atoms with E-state index in [0.717, 1.165) is 0 Å². The van der Waals surface area contributed by atoms with E-state index in [1.807, 2.05) is 0 Å². The van der Waals surface area contributed by atoms with Gasteiger partial charge in [-0.05, 0) is 0 Å². The average molecular weight is 170 g/mol. The minimum atomic E-state index is -0.213. The highest BCUT2D eigenvalue weighted by molar-refractivity contribution is 5.73. The van der Waals surface area contributed by atoms with Crippen molar-refractivity contribution in [3.63, 3.8) is 0 Å². The summed E-state index contributed by atoms with van der Waals surface area (Å²) in [6, 6.07) is -0.213. The molecule has 1 heterocycles. The zero-order chi connectivity index (χ0) is 8.81. The van der Waals surface area contributed by atoms with Crippen LogP contribution in [0.2, 0.25) is 0 Å². The third kappa shape index (κ3) is 2.57. The van der Waals surface area contributed by atoms with Gasteiger partial charge in [-0.2, -0.15) is 4.98 Å². The van der Waals surface area contributed by atoms with Gasteiger partial charge < -0.3 is 15.2 Å². The summed E-state index contributed by atoms with van der Waals surface area (Å²) in [5, 5.41) is 8.45. The molecule has 0 saturated carbocycles. The van der Waals surface area contributed by atoms with Crippen LogP contribution >= 0.6 is 0 Å². The van der Waals surface area contributed by atoms with E-state index < -0.39 is 0 Å². The normalized spacial score (nSPS) is 9.42. The van der Waals surface area contributed by atoms with Crippen LogP contribution in [0.4, 0.5) is 4.79 Å². The van der Waals surface area contributed by atoms with Gasteiger partial charge in [0.15, 0.2) is 6.33 Å². The van der Waals surface area contributed by atoms with Crippen molar-refractivity contribution in [3.05, 3.63) is 12.2 Å². The fraction of sp³-hybridized carbons (Fsp3) is 0.500. The Morgan fingerprint density at radius 2 is 2.58 bits per heavy atom. The summed E-state index contributed by atoms with van der Waals surface area (Å²) in [5.41, 5.74) is 0. The number of aromatic nitrogens is 2. The Labute approximate surface area is 69.3 Å². The Morgan fingerprint density at radius 3 is 3.17 bits per heavy atom. The van der Waals surface area contributed by atoms with Crippen molar-refractivity contribution in [2.75, 3.05) is 13.6 Å². The molecule has 6 nitrogen and oxygen atoms in total. The van der Waals surface area contributed by atoms with Crippen LogP contribution in [0.3, 0.4) is 0 Å². The minimum absolute atomic E-state index is 0.213. The van der Waals surface area contributed by atoms with E-state index >= 15 is 0 Å². The van der Waals surface area contributed by atoms with Gasteiger partial charge in [0.1, 0.15) is 0 Å². The van der Waals surface area contributed by atoms with E-state index in [-0.39, 0.29) is 6.03 Å². The number of nitrogens with one attached hydrogen (secondary N) is 2. The zero-order valence-corrected chi connectivity index (χ0v) is 6.70. The van der Waals surface area contributed by atoms with Crippen molar-refractivity contribution in [1.29, 1.82) is 0 Å². The van der Waals surface area contributed by atoms with Crippen molar-refractivity contribution < 1.29 is 9.32 Å². The third-order valence-electron chi connectivity index (χ3n) is 1.26. The first-order valence-corrected chi connectivity index (χ1v) is 3.54. The number of urea groups is 1. The van der Waals surface area contributed by atoms with Gasteiger partial charge in [0.25, 0.3) is 0 Å². The molecule has 0 radical (unpaired) electrons. The van der Waals surface area contributed by atoms with Crippen LogP contribution in [0.25, 0.3) is 0 Å². The van der Waals surface area contributed by atoms with Gasteiger partial charge in [0.05, 0.1) is 0 Å². The molecule has 2 amide bonds. The van der Waals surface area contributed by atoms with Crippen LogP contribution in [0.5, 0.6) is 0 Å². The first kappa shape index (κ1) is 8.51. The van der Waals surface area contributed by atoms with Crippen molar-refractivity contribution in [2.24, 2.45) is 0 Å². The summed E-state index contributed by atoms with van der Waals surface area (Å²) in [7, 11) is 1.56. The van der Waals surface area contributed by atoms with Crippen LogP contribution in [0.15, 0.2) is 10.9 Å². The van der Waals surface area contributed by atoms with Gasteiger partial charge in [0, 0.05) is 20.0 Å². The maximum atomic E-state index is 10.7. The quantitative estimate of drug-likeness (QED) is 0.643. The number of nitrogens with zero attached hydrogens (tertiary/aromatic N) is 2. The standard InChI is InChI=1S/C6H10N4O2/c1-7-6(11)8-3-2-5-9-4-10-12-5/h4H,2-3H2,1H3,(H2,7,8,11). The van der Waals surface area contributed by atoms with Crippen LogP contribution < -0.4 is 10.6 Å². The smallest absolute Gasteiger partial charge is 0.314 e. The fourth-order valence-electron chi connectivity index (χ4n) is 0.677. The molecule has 0 aliphatic heterocycles. The summed E-state index contributed by atoms with van der Waals surface area (Å²) < 4.78 is 4.72. The molecule has 0 fully saturated rings. The van der Waals surface area contributed by atoms with E-state index in [2.05, 4.69) is 20.8 Å². The Balaban J connectivity index is 2.15. The van der Waals surface area contributed by atoms with Gasteiger partial charge in [0.2, 0.25) is 5.89 Å². The second kappa shape index (κ2) is 4.32. The molecule has 0 atom stereocenters. The van der Waals surface area contributed by atoms with Gasteiger partial charge in [-0.1, -0.05) is 5.16 Å². The Hall–Kier alpha value is -1.59. The fourth-order valence-corrected chi connectivity index (χ4v) is 0.677. The molecule has 0 spiro atoms. The van der Waals surface area contributed by atoms with Crippen LogP contribution in [0, 0.1) is 0 Å². The molecule has 0 aromatic carbocycles. The lowest BCUT2D eigenvalue weighted by Gasteiger charge is -2.00. The lowest BCUT2D eigenvalue weighted by Crippen LogP contribution is -2.34. The number of hydrogen-bond acceptors (Lipinski definition) is 4. The topological polar surface area (TPSA) is 80.0 Å². The number of hydrogen-bond donors (Lipinski definition) is 2. The molecule has 12 heavy (non-hydrogen) atoms. The number of rotatable bonds is 3. The van der Waals surface area contributed by atoms with Crippen LogP contribution in [0.1, 0.15) is 5.89 Å². The van der Waals surface area contributed by atoms with E-state index in [1.165, 1.54) is 6.33 Å². The average Bonchev–Trinajstić information content (AvgIpc) is 2.57. The Bertz CT molecular complexity index is 234. The molecule has 0 unspecified atom stereocenters. The number of carbonyl (C=O) groups is 1. The molecule has 1 rings (SSSR count). The molecule has 0 aliphatic carbocycles. The summed E-state index contributed by atoms with van der Waals surface area (Å²) in [5.74, 6) is 0.520. The minimum Gasteiger partial charge on any atom is -0.341 e. The molecule has 1 aromatic rings. The predicted molar refractivity (Wildman–Crippen MR) is 40.5 cm³/mol. The Morgan fingerprint density at radius 1 is 1.75 bits per heavy atom. The molecular formula is C6H10N4O2. The summed E-state index contributed by atoms with van der Waals surface area (Å²) in [6.45, 7) is 0.488. The molecule has 0 aliphatic rings. The first-order chi connectivity index (χ1) is 5.83. The Kier molecular flexibility index (Phi) is 3.06. The number of amides is 2. The van der Waals surface area contributed by atoms with Gasteiger partial charge in [-0.3, -0.25) is 0 Å². The second-order valence-electron chi connectivity index (χ2n) is 2.09. The first-order valence-electron chi connectivity index (χ1n) is 3.54. The van der Waals surface area contributed by atoms with E-state index in [1.54, 1.807) is 7.05 Å². The monoisotopic (exact) mass is 170 g/mol. The molecule has 2 N–H and O–H groups in total. The SMILES string of the molecule is CNC(=O)NCCc1ncno1. The van der Waals surface area contributed by atoms with Crippen molar-refractivity contribution in [1.82, 2.24) is 20.8 Å². The molecule has 66 valence electrons. The van der Waals surface area contributed by atoms with Crippen molar-refractivity contribution in [2.45, 2.75) is 6.42 Å². The van der Waals surface area contributed by atoms with Crippen LogP contribution in [-0.4, -0.2) is 29.8 Å². The van der Waals surface area contributed by atoms with E-state index in [4.69, 9.17) is 4.52 Å². The van der Waals surface area contributed by atoms with Crippen molar-refractivity contribution in [3.8, 4) is 0 Å². The largest absolute Gasteiger partial charge is 0.341 e. The molecule has 6 heteroatoms. The lowest BCUT2D eigenvalue weighted by atomic mass is 10.4. The van der Waals surface area contributed by atoms with E-state index in [0.29, 0.717) is 18.9 Å². The highest BCUT2D eigenvalue weighted by Crippen LogP contribution is 1.89. The summed E-state index contributed by atoms with van der Waals surface area (Å²) in [6.07, 6.45) is 1.88. The zero-order valence-electron chi connectivity index (χ0n) is 6.70. The maximum Gasteiger partial charge on any atom is 0.314 e. The second-order valence-corrected chi connectivity index (χ2v) is 2.09. The summed E-state index contributed by atoms with van der Waals surface area (Å²) in [4.78, 5) is 14.4. The summed E-state index contributed by atoms with van der Waals surface area (Å²) >= 11 is 0. The van der Waals surface area contributed by atoms with Gasteiger partial charge >= 0.3 is 6.03 Å². The molecule has 0 bridgehead atoms. The predicted octanol–water partition coefficient (Wildman–Crippen LogP) is -0.459. The van der Waals surface area contributed by atoms with Gasteiger partial charge in [-0.15, -0.1) is 0 Å². The molecule has 0 saturated heterocycles. The van der Waals surface area contributed by atoms with Gasteiger partial charge in [-0.25, -0.2) is 4.79 Å². The lowest BCUT2D eigenvalue weighted by molar-refractivity contribution is 0.242. The molecule has 1 aromatic heterocycles. The highest BCUT2D eigenvalue weighted by atomic mass is 16.5. The molecular weight excluding hydrogens is 160 g/mol.